The second-order valence-corrected chi connectivity index (χ2v) is 4.50. The van der Waals surface area contributed by atoms with Crippen molar-refractivity contribution in [2.75, 3.05) is 0 Å². The zero-order chi connectivity index (χ0) is 11.9. The van der Waals surface area contributed by atoms with Crippen LogP contribution in [0.3, 0.4) is 0 Å². The van der Waals surface area contributed by atoms with Gasteiger partial charge in [0, 0.05) is 0 Å². The van der Waals surface area contributed by atoms with Gasteiger partial charge in [-0.2, -0.15) is 0 Å². The molecule has 0 aromatic carbocycles. The molecule has 0 N–H and O–H groups in total. The van der Waals surface area contributed by atoms with Crippen molar-refractivity contribution in [3.63, 3.8) is 0 Å². The van der Waals surface area contributed by atoms with Crippen molar-refractivity contribution in [3.05, 3.63) is 24.3 Å². The van der Waals surface area contributed by atoms with E-state index in [1.54, 1.807) is 0 Å². The molecule has 0 heterocycles. The van der Waals surface area contributed by atoms with Crippen molar-refractivity contribution in [1.82, 2.24) is 0 Å². The first-order valence-electron chi connectivity index (χ1n) is 7.07. The summed E-state index contributed by atoms with van der Waals surface area (Å²) in [7, 11) is 0. The minimum Gasteiger partial charge on any atom is -0.0845 e. The lowest BCUT2D eigenvalue weighted by Gasteiger charge is -2.00. The Labute approximate surface area is 103 Å². The van der Waals surface area contributed by atoms with E-state index in [4.69, 9.17) is 0 Å². The fraction of sp³-hybridized carbons (Fsp3) is 0.750. The molecule has 0 aromatic heterocycles. The van der Waals surface area contributed by atoms with Gasteiger partial charge < -0.3 is 0 Å². The van der Waals surface area contributed by atoms with Crippen LogP contribution in [0.4, 0.5) is 0 Å². The van der Waals surface area contributed by atoms with E-state index in [2.05, 4.69) is 25.2 Å². The molecule has 0 fully saturated rings. The van der Waals surface area contributed by atoms with E-state index in [0.29, 0.717) is 0 Å². The van der Waals surface area contributed by atoms with Crippen LogP contribution in [-0.2, 0) is 0 Å². The third kappa shape index (κ3) is 13.5. The van der Waals surface area contributed by atoms with Crippen LogP contribution >= 0.6 is 0 Å². The normalized spacial score (nSPS) is 11.9. The van der Waals surface area contributed by atoms with Gasteiger partial charge in [-0.15, -0.1) is 0 Å². The van der Waals surface area contributed by atoms with Crippen LogP contribution in [0.2, 0.25) is 0 Å². The van der Waals surface area contributed by atoms with Gasteiger partial charge in [0.1, 0.15) is 0 Å². The van der Waals surface area contributed by atoms with Crippen LogP contribution in [-0.4, -0.2) is 0 Å². The molecular weight excluding hydrogens is 192 g/mol. The smallest absolute Gasteiger partial charge is 0.0348 e. The number of rotatable bonds is 11. The first-order chi connectivity index (χ1) is 7.91. The van der Waals surface area contributed by atoms with E-state index in [0.717, 1.165) is 0 Å². The average Bonchev–Trinajstić information content (AvgIpc) is 2.31. The Balaban J connectivity index is 2.98. The Morgan fingerprint density at radius 2 is 1.38 bits per heavy atom. The molecule has 0 nitrogen and oxygen atoms in total. The fourth-order valence-electron chi connectivity index (χ4n) is 1.83. The number of allylic oxidation sites excluding steroid dienone is 4. The molecule has 0 unspecified atom stereocenters. The molecule has 0 atom stereocenters. The lowest BCUT2D eigenvalue weighted by Crippen LogP contribution is -1.80. The van der Waals surface area contributed by atoms with E-state index in [1.807, 2.05) is 13.0 Å². The maximum Gasteiger partial charge on any atom is -0.0348 e. The second kappa shape index (κ2) is 14.5. The molecule has 0 heteroatoms. The zero-order valence-electron chi connectivity index (χ0n) is 11.3. The molecule has 16 heavy (non-hydrogen) atoms. The van der Waals surface area contributed by atoms with Crippen LogP contribution < -0.4 is 0 Å². The summed E-state index contributed by atoms with van der Waals surface area (Å²) in [5.74, 6) is 0. The van der Waals surface area contributed by atoms with Gasteiger partial charge in [-0.05, 0) is 25.8 Å². The van der Waals surface area contributed by atoms with Crippen molar-refractivity contribution in [2.24, 2.45) is 0 Å². The maximum atomic E-state index is 2.99. The standard InChI is InChI=1S/C16H29/c1-3-5-7-9-11-13-15-16-14-12-10-8-6-4-2/h6,8,10H,3,5,7,9,11-16H2,1-2H3. The molecule has 93 valence electrons. The highest BCUT2D eigenvalue weighted by Crippen LogP contribution is 2.10. The van der Waals surface area contributed by atoms with Gasteiger partial charge in [0.15, 0.2) is 0 Å². The predicted octanol–water partition coefficient (Wildman–Crippen LogP) is 5.84. The summed E-state index contributed by atoms with van der Waals surface area (Å²) in [5, 5.41) is 0. The van der Waals surface area contributed by atoms with Gasteiger partial charge in [-0.3, -0.25) is 0 Å². The number of hydrogen-bond donors (Lipinski definition) is 0. The quantitative estimate of drug-likeness (QED) is 0.303. The molecule has 0 bridgehead atoms. The Hall–Kier alpha value is -0.520. The van der Waals surface area contributed by atoms with Gasteiger partial charge in [-0.25, -0.2) is 0 Å². The van der Waals surface area contributed by atoms with Gasteiger partial charge >= 0.3 is 0 Å². The summed E-state index contributed by atoms with van der Waals surface area (Å²) in [6, 6.07) is 0. The van der Waals surface area contributed by atoms with Gasteiger partial charge in [0.2, 0.25) is 0 Å². The summed E-state index contributed by atoms with van der Waals surface area (Å²) in [6.07, 6.45) is 23.3. The summed E-state index contributed by atoms with van der Waals surface area (Å²) >= 11 is 0. The Morgan fingerprint density at radius 3 is 1.94 bits per heavy atom. The second-order valence-electron chi connectivity index (χ2n) is 4.50. The largest absolute Gasteiger partial charge is 0.0845 e. The summed E-state index contributed by atoms with van der Waals surface area (Å²) in [5.41, 5.74) is 0. The molecule has 0 aliphatic heterocycles. The topological polar surface area (TPSA) is 0 Å². The van der Waals surface area contributed by atoms with Crippen molar-refractivity contribution in [2.45, 2.75) is 78.1 Å². The SMILES string of the molecule is C/[C]=C/C=CCCCCCCCCCCC. The molecular formula is C16H29. The lowest BCUT2D eigenvalue weighted by atomic mass is 10.1. The van der Waals surface area contributed by atoms with Crippen LogP contribution in [0.5, 0.6) is 0 Å². The maximum absolute atomic E-state index is 2.99. The van der Waals surface area contributed by atoms with Crippen molar-refractivity contribution in [3.8, 4) is 0 Å². The zero-order valence-corrected chi connectivity index (χ0v) is 11.3. The molecule has 0 saturated carbocycles. The molecule has 0 saturated heterocycles. The van der Waals surface area contributed by atoms with Crippen LogP contribution in [0.15, 0.2) is 18.2 Å². The fourth-order valence-corrected chi connectivity index (χ4v) is 1.83. The third-order valence-electron chi connectivity index (χ3n) is 2.87. The highest BCUT2D eigenvalue weighted by Gasteiger charge is 1.90. The van der Waals surface area contributed by atoms with E-state index < -0.39 is 0 Å². The Bertz CT molecular complexity index is 165. The first kappa shape index (κ1) is 15.5. The van der Waals surface area contributed by atoms with Crippen LogP contribution in [0, 0.1) is 6.08 Å². The lowest BCUT2D eigenvalue weighted by molar-refractivity contribution is 0.566. The third-order valence-corrected chi connectivity index (χ3v) is 2.87. The molecule has 0 aliphatic rings. The van der Waals surface area contributed by atoms with Crippen LogP contribution in [0.25, 0.3) is 0 Å². The highest BCUT2D eigenvalue weighted by molar-refractivity contribution is 4.97. The minimum atomic E-state index is 1.23. The van der Waals surface area contributed by atoms with Crippen molar-refractivity contribution < 1.29 is 0 Å². The molecule has 1 radical (unpaired) electrons. The minimum absolute atomic E-state index is 1.23. The predicted molar refractivity (Wildman–Crippen MR) is 74.5 cm³/mol. The molecule has 0 aliphatic carbocycles. The number of unbranched alkanes of at least 4 members (excludes halogenated alkanes) is 9. The summed E-state index contributed by atoms with van der Waals surface area (Å²) in [6.45, 7) is 4.21. The summed E-state index contributed by atoms with van der Waals surface area (Å²) < 4.78 is 0. The van der Waals surface area contributed by atoms with E-state index >= 15 is 0 Å². The average molecular weight is 221 g/mol. The van der Waals surface area contributed by atoms with Gasteiger partial charge in [0.05, 0.1) is 0 Å². The monoisotopic (exact) mass is 221 g/mol. The Morgan fingerprint density at radius 1 is 0.812 bits per heavy atom. The van der Waals surface area contributed by atoms with Gasteiger partial charge in [0.25, 0.3) is 0 Å². The van der Waals surface area contributed by atoms with Crippen molar-refractivity contribution >= 4 is 0 Å². The summed E-state index contributed by atoms with van der Waals surface area (Å²) in [4.78, 5) is 0. The van der Waals surface area contributed by atoms with E-state index in [1.165, 1.54) is 64.2 Å². The highest BCUT2D eigenvalue weighted by atomic mass is 14.0. The molecule has 0 spiro atoms. The van der Waals surface area contributed by atoms with Crippen LogP contribution in [0.1, 0.15) is 78.1 Å². The molecule has 0 rings (SSSR count). The van der Waals surface area contributed by atoms with Gasteiger partial charge in [-0.1, -0.05) is 76.5 Å². The molecule has 0 aromatic rings. The first-order valence-corrected chi connectivity index (χ1v) is 7.07. The van der Waals surface area contributed by atoms with E-state index in [-0.39, 0.29) is 0 Å². The van der Waals surface area contributed by atoms with Crippen molar-refractivity contribution in [1.29, 1.82) is 0 Å². The molecule has 0 amide bonds. The number of hydrogen-bond acceptors (Lipinski definition) is 0. The Kier molecular flexibility index (Phi) is 14.0. The van der Waals surface area contributed by atoms with E-state index in [9.17, 15) is 0 Å².